The first-order chi connectivity index (χ1) is 4.93. The van der Waals surface area contributed by atoms with Crippen molar-refractivity contribution in [1.29, 1.82) is 0 Å². The summed E-state index contributed by atoms with van der Waals surface area (Å²) in [5.41, 5.74) is 1.78. The number of nitrogens with zero attached hydrogens (tertiary/aromatic N) is 1. The van der Waals surface area contributed by atoms with Crippen LogP contribution in [0.15, 0.2) is 10.9 Å². The Morgan fingerprint density at radius 1 is 1.70 bits per heavy atom. The molecule has 1 heterocycles. The molecule has 0 fully saturated rings. The molecule has 0 unspecified atom stereocenters. The predicted octanol–water partition coefficient (Wildman–Crippen LogP) is 2.32. The average molecular weight is 157 g/mol. The van der Waals surface area contributed by atoms with Crippen molar-refractivity contribution in [2.24, 2.45) is 0 Å². The van der Waals surface area contributed by atoms with Crippen LogP contribution in [0.5, 0.6) is 5.88 Å². The third-order valence-corrected chi connectivity index (χ3v) is 1.72. The van der Waals surface area contributed by atoms with E-state index < -0.39 is 0 Å². The van der Waals surface area contributed by atoms with E-state index in [0.717, 1.165) is 18.9 Å². The maximum atomic E-state index is 5.29. The Bertz CT molecular complexity index is 162. The Hall–Kier alpha value is -0.570. The van der Waals surface area contributed by atoms with Gasteiger partial charge in [-0.05, 0) is 6.42 Å². The monoisotopic (exact) mass is 157 g/mol. The molecule has 10 heavy (non-hydrogen) atoms. The van der Waals surface area contributed by atoms with Crippen LogP contribution < -0.4 is 4.74 Å². The minimum atomic E-state index is 0.762. The van der Waals surface area contributed by atoms with Gasteiger partial charge in [0, 0.05) is 0 Å². The van der Waals surface area contributed by atoms with Crippen molar-refractivity contribution in [2.75, 3.05) is 6.61 Å². The van der Waals surface area contributed by atoms with E-state index in [9.17, 15) is 0 Å². The van der Waals surface area contributed by atoms with Crippen LogP contribution in [0.2, 0.25) is 0 Å². The highest BCUT2D eigenvalue weighted by Crippen LogP contribution is 2.09. The number of hydrogen-bond acceptors (Lipinski definition) is 3. The van der Waals surface area contributed by atoms with Crippen LogP contribution in [-0.2, 0) is 0 Å². The Morgan fingerprint density at radius 2 is 2.60 bits per heavy atom. The lowest BCUT2D eigenvalue weighted by Crippen LogP contribution is -1.95. The first kappa shape index (κ1) is 7.54. The molecule has 0 radical (unpaired) electrons. The molecule has 0 aliphatic carbocycles. The highest BCUT2D eigenvalue weighted by Gasteiger charge is 1.91. The molecule has 0 aliphatic rings. The summed E-state index contributed by atoms with van der Waals surface area (Å²) < 4.78 is 5.29. The molecule has 0 aromatic carbocycles. The van der Waals surface area contributed by atoms with Crippen LogP contribution in [0.1, 0.15) is 19.8 Å². The summed E-state index contributed by atoms with van der Waals surface area (Å²) in [7, 11) is 0. The largest absolute Gasteiger partial charge is 0.477 e. The molecule has 0 saturated carbocycles. The zero-order valence-corrected chi connectivity index (χ0v) is 6.86. The van der Waals surface area contributed by atoms with Gasteiger partial charge in [0.1, 0.15) is 0 Å². The Kier molecular flexibility index (Phi) is 3.22. The molecule has 56 valence electrons. The van der Waals surface area contributed by atoms with E-state index in [4.69, 9.17) is 4.74 Å². The number of hydrogen-bond donors (Lipinski definition) is 0. The minimum absolute atomic E-state index is 0.762. The number of unbranched alkanes of at least 4 members (excludes halogenated alkanes) is 1. The van der Waals surface area contributed by atoms with Gasteiger partial charge in [-0.25, -0.2) is 4.98 Å². The van der Waals surface area contributed by atoms with Crippen LogP contribution in [-0.4, -0.2) is 11.6 Å². The molecular formula is C7H11NOS. The Labute approximate surface area is 64.9 Å². The van der Waals surface area contributed by atoms with Crippen LogP contribution in [0.3, 0.4) is 0 Å². The van der Waals surface area contributed by atoms with Gasteiger partial charge in [0.2, 0.25) is 5.88 Å². The van der Waals surface area contributed by atoms with E-state index in [2.05, 4.69) is 11.9 Å². The molecule has 0 amide bonds. The molecule has 0 bridgehead atoms. The van der Waals surface area contributed by atoms with E-state index in [1.165, 1.54) is 6.42 Å². The highest BCUT2D eigenvalue weighted by molar-refractivity contribution is 7.07. The SMILES string of the molecule is CCCCOc1cscn1. The van der Waals surface area contributed by atoms with Crippen molar-refractivity contribution < 1.29 is 4.74 Å². The minimum Gasteiger partial charge on any atom is -0.477 e. The topological polar surface area (TPSA) is 22.1 Å². The highest BCUT2D eigenvalue weighted by atomic mass is 32.1. The summed E-state index contributed by atoms with van der Waals surface area (Å²) in [5, 5.41) is 1.91. The van der Waals surface area contributed by atoms with E-state index in [0.29, 0.717) is 0 Å². The fourth-order valence-corrected chi connectivity index (χ4v) is 1.06. The van der Waals surface area contributed by atoms with Crippen molar-refractivity contribution in [1.82, 2.24) is 4.98 Å². The Balaban J connectivity index is 2.15. The summed E-state index contributed by atoms with van der Waals surface area (Å²) >= 11 is 1.56. The zero-order valence-electron chi connectivity index (χ0n) is 6.04. The van der Waals surface area contributed by atoms with Gasteiger partial charge in [0.25, 0.3) is 0 Å². The molecule has 0 spiro atoms. The quantitative estimate of drug-likeness (QED) is 0.626. The maximum Gasteiger partial charge on any atom is 0.224 e. The molecule has 0 atom stereocenters. The number of thiazole rings is 1. The number of rotatable bonds is 4. The lowest BCUT2D eigenvalue weighted by atomic mass is 10.4. The van der Waals surface area contributed by atoms with Crippen LogP contribution in [0.25, 0.3) is 0 Å². The summed E-state index contributed by atoms with van der Waals surface area (Å²) in [6, 6.07) is 0. The summed E-state index contributed by atoms with van der Waals surface area (Å²) in [6.07, 6.45) is 2.28. The van der Waals surface area contributed by atoms with Crippen molar-refractivity contribution >= 4 is 11.3 Å². The van der Waals surface area contributed by atoms with Gasteiger partial charge in [-0.1, -0.05) is 13.3 Å². The fraction of sp³-hybridized carbons (Fsp3) is 0.571. The maximum absolute atomic E-state index is 5.29. The van der Waals surface area contributed by atoms with E-state index >= 15 is 0 Å². The van der Waals surface area contributed by atoms with E-state index in [-0.39, 0.29) is 0 Å². The molecule has 3 heteroatoms. The average Bonchev–Trinajstić information content (AvgIpc) is 2.41. The molecule has 0 N–H and O–H groups in total. The first-order valence-corrected chi connectivity index (χ1v) is 4.38. The smallest absolute Gasteiger partial charge is 0.224 e. The first-order valence-electron chi connectivity index (χ1n) is 3.44. The molecular weight excluding hydrogens is 146 g/mol. The number of aromatic nitrogens is 1. The fourth-order valence-electron chi connectivity index (χ4n) is 0.594. The second-order valence-corrected chi connectivity index (χ2v) is 2.75. The van der Waals surface area contributed by atoms with Crippen molar-refractivity contribution in [3.8, 4) is 5.88 Å². The third kappa shape index (κ3) is 2.35. The van der Waals surface area contributed by atoms with Gasteiger partial charge in [0.05, 0.1) is 17.5 Å². The van der Waals surface area contributed by atoms with Crippen molar-refractivity contribution in [3.05, 3.63) is 10.9 Å². The van der Waals surface area contributed by atoms with Crippen LogP contribution >= 0.6 is 11.3 Å². The normalized spacial score (nSPS) is 9.70. The second kappa shape index (κ2) is 4.28. The van der Waals surface area contributed by atoms with E-state index in [1.807, 2.05) is 5.38 Å². The zero-order chi connectivity index (χ0) is 7.23. The lowest BCUT2D eigenvalue weighted by Gasteiger charge is -1.98. The summed E-state index contributed by atoms with van der Waals surface area (Å²) in [5.74, 6) is 0.762. The van der Waals surface area contributed by atoms with E-state index in [1.54, 1.807) is 16.8 Å². The summed E-state index contributed by atoms with van der Waals surface area (Å²) in [6.45, 7) is 2.94. The second-order valence-electron chi connectivity index (χ2n) is 2.03. The predicted molar refractivity (Wildman–Crippen MR) is 42.5 cm³/mol. The van der Waals surface area contributed by atoms with Gasteiger partial charge < -0.3 is 4.74 Å². The number of ether oxygens (including phenoxy) is 1. The molecule has 1 aromatic heterocycles. The van der Waals surface area contributed by atoms with Crippen LogP contribution in [0.4, 0.5) is 0 Å². The van der Waals surface area contributed by atoms with Crippen LogP contribution in [0, 0.1) is 0 Å². The molecule has 0 aliphatic heterocycles. The standard InChI is InChI=1S/C7H11NOS/c1-2-3-4-9-7-5-10-6-8-7/h5-6H,2-4H2,1H3. The molecule has 0 saturated heterocycles. The van der Waals surface area contributed by atoms with Gasteiger partial charge in [-0.2, -0.15) is 0 Å². The van der Waals surface area contributed by atoms with Crippen molar-refractivity contribution in [2.45, 2.75) is 19.8 Å². The molecule has 1 aromatic rings. The molecule has 1 rings (SSSR count). The molecule has 2 nitrogen and oxygen atoms in total. The lowest BCUT2D eigenvalue weighted by molar-refractivity contribution is 0.299. The van der Waals surface area contributed by atoms with Gasteiger partial charge in [-0.15, -0.1) is 11.3 Å². The summed E-state index contributed by atoms with van der Waals surface area (Å²) in [4.78, 5) is 3.98. The van der Waals surface area contributed by atoms with Gasteiger partial charge >= 0.3 is 0 Å². The Morgan fingerprint density at radius 3 is 3.20 bits per heavy atom. The van der Waals surface area contributed by atoms with Gasteiger partial charge in [-0.3, -0.25) is 0 Å². The van der Waals surface area contributed by atoms with Crippen molar-refractivity contribution in [3.63, 3.8) is 0 Å². The third-order valence-electron chi connectivity index (χ3n) is 1.16. The van der Waals surface area contributed by atoms with Gasteiger partial charge in [0.15, 0.2) is 0 Å².